The van der Waals surface area contributed by atoms with Crippen LogP contribution < -0.4 is 10.6 Å². The average molecular weight is 440 g/mol. The van der Waals surface area contributed by atoms with Gasteiger partial charge in [-0.2, -0.15) is 0 Å². The molecule has 4 rings (SSSR count). The SMILES string of the molecule is Cc1c(NCC(=O)NC(C)c2cccs2)cccc1C(=O)N1CCc2sccc2C1. The van der Waals surface area contributed by atoms with E-state index >= 15 is 0 Å². The van der Waals surface area contributed by atoms with Crippen molar-refractivity contribution in [3.8, 4) is 0 Å². The Labute approximate surface area is 184 Å². The van der Waals surface area contributed by atoms with Gasteiger partial charge in [0, 0.05) is 34.1 Å². The van der Waals surface area contributed by atoms with Gasteiger partial charge in [0.05, 0.1) is 12.6 Å². The number of hydrogen-bond acceptors (Lipinski definition) is 5. The Hall–Kier alpha value is -2.64. The lowest BCUT2D eigenvalue weighted by Gasteiger charge is -2.28. The van der Waals surface area contributed by atoms with Gasteiger partial charge in [0.1, 0.15) is 0 Å². The molecule has 0 spiro atoms. The Morgan fingerprint density at radius 2 is 2.00 bits per heavy atom. The molecule has 2 N–H and O–H groups in total. The molecule has 156 valence electrons. The third kappa shape index (κ3) is 4.42. The predicted octanol–water partition coefficient (Wildman–Crippen LogP) is 4.61. The second-order valence-electron chi connectivity index (χ2n) is 7.48. The van der Waals surface area contributed by atoms with Gasteiger partial charge >= 0.3 is 0 Å². The minimum Gasteiger partial charge on any atom is -0.376 e. The molecule has 2 aromatic heterocycles. The van der Waals surface area contributed by atoms with Gasteiger partial charge in [-0.1, -0.05) is 12.1 Å². The lowest BCUT2D eigenvalue weighted by Crippen LogP contribution is -2.36. The molecule has 0 radical (unpaired) electrons. The minimum absolute atomic E-state index is 0.0191. The van der Waals surface area contributed by atoms with E-state index in [2.05, 4.69) is 22.1 Å². The molecule has 5 nitrogen and oxygen atoms in total. The summed E-state index contributed by atoms with van der Waals surface area (Å²) in [6, 6.07) is 11.7. The van der Waals surface area contributed by atoms with Gasteiger partial charge in [-0.25, -0.2) is 0 Å². The van der Waals surface area contributed by atoms with Gasteiger partial charge < -0.3 is 15.5 Å². The van der Waals surface area contributed by atoms with Gasteiger partial charge in [0.15, 0.2) is 0 Å². The van der Waals surface area contributed by atoms with Crippen molar-refractivity contribution >= 4 is 40.2 Å². The third-order valence-electron chi connectivity index (χ3n) is 5.45. The van der Waals surface area contributed by atoms with E-state index in [4.69, 9.17) is 0 Å². The summed E-state index contributed by atoms with van der Waals surface area (Å²) in [4.78, 5) is 29.9. The number of rotatable bonds is 6. The minimum atomic E-state index is -0.0759. The summed E-state index contributed by atoms with van der Waals surface area (Å²) in [5, 5.41) is 10.3. The number of carbonyl (C=O) groups excluding carboxylic acids is 2. The van der Waals surface area contributed by atoms with E-state index in [0.29, 0.717) is 12.1 Å². The first kappa shape index (κ1) is 20.6. The highest BCUT2D eigenvalue weighted by Crippen LogP contribution is 2.27. The number of benzene rings is 1. The largest absolute Gasteiger partial charge is 0.376 e. The van der Waals surface area contributed by atoms with Crippen molar-refractivity contribution in [2.45, 2.75) is 32.9 Å². The number of fused-ring (bicyclic) bond motifs is 1. The smallest absolute Gasteiger partial charge is 0.254 e. The molecule has 1 unspecified atom stereocenters. The van der Waals surface area contributed by atoms with Crippen LogP contribution in [0, 0.1) is 6.92 Å². The van der Waals surface area contributed by atoms with Crippen molar-refractivity contribution in [3.05, 3.63) is 73.6 Å². The summed E-state index contributed by atoms with van der Waals surface area (Å²) in [6.07, 6.45) is 0.915. The summed E-state index contributed by atoms with van der Waals surface area (Å²) >= 11 is 3.40. The van der Waals surface area contributed by atoms with Crippen molar-refractivity contribution in [1.82, 2.24) is 10.2 Å². The maximum absolute atomic E-state index is 13.1. The number of nitrogens with one attached hydrogen (secondary N) is 2. The zero-order chi connectivity index (χ0) is 21.1. The first-order valence-electron chi connectivity index (χ1n) is 10.0. The molecule has 0 bridgehead atoms. The lowest BCUT2D eigenvalue weighted by atomic mass is 10.0. The van der Waals surface area contributed by atoms with Crippen LogP contribution in [0.25, 0.3) is 0 Å². The van der Waals surface area contributed by atoms with Gasteiger partial charge in [-0.15, -0.1) is 22.7 Å². The van der Waals surface area contributed by atoms with Crippen LogP contribution >= 0.6 is 22.7 Å². The van der Waals surface area contributed by atoms with Crippen molar-refractivity contribution in [2.24, 2.45) is 0 Å². The zero-order valence-electron chi connectivity index (χ0n) is 17.1. The highest BCUT2D eigenvalue weighted by atomic mass is 32.1. The van der Waals surface area contributed by atoms with Gasteiger partial charge in [-0.05, 0) is 66.4 Å². The number of nitrogens with zero attached hydrogens (tertiary/aromatic N) is 1. The average Bonchev–Trinajstić information content (AvgIpc) is 3.44. The van der Waals surface area contributed by atoms with Crippen molar-refractivity contribution in [1.29, 1.82) is 0 Å². The number of thiophene rings is 2. The van der Waals surface area contributed by atoms with Crippen LogP contribution in [0.5, 0.6) is 0 Å². The molecule has 1 aliphatic rings. The van der Waals surface area contributed by atoms with Gasteiger partial charge in [-0.3, -0.25) is 9.59 Å². The van der Waals surface area contributed by atoms with E-state index < -0.39 is 0 Å². The van der Waals surface area contributed by atoms with Crippen molar-refractivity contribution < 1.29 is 9.59 Å². The standard InChI is InChI=1S/C23H25N3O2S2/c1-15-18(23(28)26-10-8-21-17(14-26)9-12-30-21)5-3-6-19(15)24-13-22(27)25-16(2)20-7-4-11-29-20/h3-7,9,11-12,16,24H,8,10,13-14H2,1-2H3,(H,25,27). The molecule has 3 heterocycles. The number of anilines is 1. The first-order valence-corrected chi connectivity index (χ1v) is 11.8. The molecular weight excluding hydrogens is 414 g/mol. The zero-order valence-corrected chi connectivity index (χ0v) is 18.7. The van der Waals surface area contributed by atoms with E-state index in [9.17, 15) is 9.59 Å². The van der Waals surface area contributed by atoms with E-state index in [1.165, 1.54) is 10.4 Å². The van der Waals surface area contributed by atoms with Crippen LogP contribution in [0.4, 0.5) is 5.69 Å². The Balaban J connectivity index is 1.39. The highest BCUT2D eigenvalue weighted by Gasteiger charge is 2.24. The number of amides is 2. The molecule has 7 heteroatoms. The number of hydrogen-bond donors (Lipinski definition) is 2. The molecule has 1 aromatic carbocycles. The Morgan fingerprint density at radius 3 is 2.80 bits per heavy atom. The predicted molar refractivity (Wildman–Crippen MR) is 123 cm³/mol. The Kier molecular flexibility index (Phi) is 6.20. The Morgan fingerprint density at radius 1 is 1.13 bits per heavy atom. The number of carbonyl (C=O) groups is 2. The summed E-state index contributed by atoms with van der Waals surface area (Å²) in [6.45, 7) is 5.48. The van der Waals surface area contributed by atoms with Crippen molar-refractivity contribution in [3.63, 3.8) is 0 Å². The van der Waals surface area contributed by atoms with Crippen LogP contribution in [0.15, 0.2) is 47.2 Å². The monoisotopic (exact) mass is 439 g/mol. The van der Waals surface area contributed by atoms with Crippen LogP contribution in [0.2, 0.25) is 0 Å². The molecule has 1 aliphatic heterocycles. The van der Waals surface area contributed by atoms with Crippen LogP contribution in [0.3, 0.4) is 0 Å². The molecule has 0 saturated heterocycles. The molecule has 0 fully saturated rings. The van der Waals surface area contributed by atoms with Gasteiger partial charge in [0.2, 0.25) is 5.91 Å². The van der Waals surface area contributed by atoms with E-state index in [1.54, 1.807) is 22.7 Å². The summed E-state index contributed by atoms with van der Waals surface area (Å²) in [5.41, 5.74) is 3.62. The fraction of sp³-hybridized carbons (Fsp3) is 0.304. The topological polar surface area (TPSA) is 61.4 Å². The quantitative estimate of drug-likeness (QED) is 0.590. The van der Waals surface area contributed by atoms with Crippen molar-refractivity contribution in [2.75, 3.05) is 18.4 Å². The molecule has 2 amide bonds. The third-order valence-corrected chi connectivity index (χ3v) is 7.52. The maximum atomic E-state index is 13.1. The second kappa shape index (κ2) is 9.02. The van der Waals surface area contributed by atoms with Gasteiger partial charge in [0.25, 0.3) is 5.91 Å². The maximum Gasteiger partial charge on any atom is 0.254 e. The first-order chi connectivity index (χ1) is 14.5. The summed E-state index contributed by atoms with van der Waals surface area (Å²) < 4.78 is 0. The van der Waals surface area contributed by atoms with Crippen LogP contribution in [0.1, 0.15) is 44.2 Å². The normalized spacial score (nSPS) is 14.1. The molecule has 0 aliphatic carbocycles. The second-order valence-corrected chi connectivity index (χ2v) is 9.46. The fourth-order valence-corrected chi connectivity index (χ4v) is 5.35. The molecule has 1 atom stereocenters. The molecular formula is C23H25N3O2S2. The van der Waals surface area contributed by atoms with Crippen LogP contribution in [-0.4, -0.2) is 29.8 Å². The fourth-order valence-electron chi connectivity index (χ4n) is 3.73. The lowest BCUT2D eigenvalue weighted by molar-refractivity contribution is -0.120. The van der Waals surface area contributed by atoms with E-state index in [1.807, 2.05) is 54.5 Å². The highest BCUT2D eigenvalue weighted by molar-refractivity contribution is 7.10. The van der Waals surface area contributed by atoms with Crippen LogP contribution in [-0.2, 0) is 17.8 Å². The molecule has 0 saturated carbocycles. The summed E-state index contributed by atoms with van der Waals surface area (Å²) in [5.74, 6) is -0.0307. The Bertz CT molecular complexity index is 1040. The van der Waals surface area contributed by atoms with E-state index in [0.717, 1.165) is 29.1 Å². The molecule has 30 heavy (non-hydrogen) atoms. The molecule has 3 aromatic rings. The summed E-state index contributed by atoms with van der Waals surface area (Å²) in [7, 11) is 0. The van der Waals surface area contributed by atoms with E-state index in [-0.39, 0.29) is 24.4 Å².